The summed E-state index contributed by atoms with van der Waals surface area (Å²) in [5.74, 6) is -0.837. The molecule has 0 fully saturated rings. The van der Waals surface area contributed by atoms with Crippen LogP contribution in [0.3, 0.4) is 0 Å². The van der Waals surface area contributed by atoms with Crippen molar-refractivity contribution in [2.45, 2.75) is 374 Å². The number of esters is 3. The molecule has 6 heteroatoms. The fourth-order valence-electron chi connectivity index (χ4n) is 10.0. The van der Waals surface area contributed by atoms with Crippen LogP contribution in [-0.2, 0) is 28.6 Å². The lowest BCUT2D eigenvalue weighted by Crippen LogP contribution is -2.30. The lowest BCUT2D eigenvalue weighted by molar-refractivity contribution is -0.167. The fourth-order valence-corrected chi connectivity index (χ4v) is 10.0. The summed E-state index contributed by atoms with van der Waals surface area (Å²) in [6.45, 7) is 6.70. The third-order valence-electron chi connectivity index (χ3n) is 15.0. The topological polar surface area (TPSA) is 78.9 Å². The summed E-state index contributed by atoms with van der Waals surface area (Å²) in [4.78, 5) is 38.3. The van der Waals surface area contributed by atoms with E-state index in [1.165, 1.54) is 263 Å². The first-order valence-corrected chi connectivity index (χ1v) is 32.8. The Kier molecular flexibility index (Phi) is 60.6. The monoisotopic (exact) mass is 1030 g/mol. The highest BCUT2D eigenvalue weighted by molar-refractivity contribution is 5.71. The van der Waals surface area contributed by atoms with Gasteiger partial charge in [0.2, 0.25) is 0 Å². The highest BCUT2D eigenvalue weighted by atomic mass is 16.6. The minimum absolute atomic E-state index is 0.0650. The third-order valence-corrected chi connectivity index (χ3v) is 15.0. The molecular formula is C67H126O6. The number of ether oxygens (including phenoxy) is 3. The lowest BCUT2D eigenvalue weighted by atomic mass is 10.0. The molecule has 0 saturated carbocycles. The average Bonchev–Trinajstić information content (AvgIpc) is 3.39. The zero-order chi connectivity index (χ0) is 52.9. The summed E-state index contributed by atoms with van der Waals surface area (Å²) in [5, 5.41) is 0. The number of carbonyl (C=O) groups excluding carboxylic acids is 3. The Morgan fingerprint density at radius 2 is 0.493 bits per heavy atom. The van der Waals surface area contributed by atoms with Crippen molar-refractivity contribution in [1.82, 2.24) is 0 Å². The molecule has 73 heavy (non-hydrogen) atoms. The van der Waals surface area contributed by atoms with Gasteiger partial charge >= 0.3 is 17.9 Å². The van der Waals surface area contributed by atoms with E-state index in [2.05, 4.69) is 45.1 Å². The minimum atomic E-state index is -0.767. The van der Waals surface area contributed by atoms with E-state index >= 15 is 0 Å². The quantitative estimate of drug-likeness (QED) is 0.0261. The van der Waals surface area contributed by atoms with Gasteiger partial charge in [0.05, 0.1) is 0 Å². The van der Waals surface area contributed by atoms with Gasteiger partial charge < -0.3 is 14.2 Å². The van der Waals surface area contributed by atoms with Gasteiger partial charge in [-0.25, -0.2) is 0 Å². The summed E-state index contributed by atoms with van der Waals surface area (Å²) in [5.41, 5.74) is 0. The van der Waals surface area contributed by atoms with Gasteiger partial charge in [-0.1, -0.05) is 321 Å². The van der Waals surface area contributed by atoms with Crippen molar-refractivity contribution in [1.29, 1.82) is 0 Å². The first-order valence-electron chi connectivity index (χ1n) is 32.8. The van der Waals surface area contributed by atoms with Crippen LogP contribution in [-0.4, -0.2) is 37.2 Å². The van der Waals surface area contributed by atoms with Gasteiger partial charge in [0.15, 0.2) is 6.10 Å². The molecule has 1 unspecified atom stereocenters. The lowest BCUT2D eigenvalue weighted by Gasteiger charge is -2.18. The number of rotatable bonds is 61. The van der Waals surface area contributed by atoms with Gasteiger partial charge in [0, 0.05) is 19.3 Å². The van der Waals surface area contributed by atoms with E-state index in [0.29, 0.717) is 19.3 Å². The average molecular weight is 1030 g/mol. The number of allylic oxidation sites excluding steroid dienone is 4. The number of unbranched alkanes of at least 4 members (excludes halogenated alkanes) is 46. The van der Waals surface area contributed by atoms with Gasteiger partial charge in [-0.05, 0) is 51.4 Å². The van der Waals surface area contributed by atoms with Crippen molar-refractivity contribution in [2.24, 2.45) is 0 Å². The van der Waals surface area contributed by atoms with E-state index in [-0.39, 0.29) is 31.1 Å². The zero-order valence-electron chi connectivity index (χ0n) is 49.4. The van der Waals surface area contributed by atoms with E-state index in [1.54, 1.807) is 0 Å². The van der Waals surface area contributed by atoms with E-state index < -0.39 is 6.10 Å². The SMILES string of the molecule is CCCCCCC/C=C\C/C=C\CCCCCCCCCCCCCC(=O)OCC(COC(=O)CCCCCCCCCCCCCCCCCC)OC(=O)CCCCCCCCCCCCCCCCCC. The van der Waals surface area contributed by atoms with Crippen LogP contribution in [0.1, 0.15) is 367 Å². The fraction of sp³-hybridized carbons (Fsp3) is 0.896. The van der Waals surface area contributed by atoms with Crippen LogP contribution in [0.5, 0.6) is 0 Å². The highest BCUT2D eigenvalue weighted by Gasteiger charge is 2.19. The second-order valence-corrected chi connectivity index (χ2v) is 22.4. The summed E-state index contributed by atoms with van der Waals surface area (Å²) in [7, 11) is 0. The Morgan fingerprint density at radius 3 is 0.753 bits per heavy atom. The normalized spacial score (nSPS) is 12.1. The second kappa shape index (κ2) is 62.4. The van der Waals surface area contributed by atoms with Crippen LogP contribution in [0.4, 0.5) is 0 Å². The standard InChI is InChI=1S/C67H126O6/c1-4-7-10-13-16-19-22-25-28-31-32-33-34-35-36-37-40-42-45-48-51-54-57-60-66(69)72-63-64(73-67(70)61-58-55-52-49-46-43-39-30-27-24-21-18-15-12-9-6-3)62-71-65(68)59-56-53-50-47-44-41-38-29-26-23-20-17-14-11-8-5-2/h22,25,31-32,64H,4-21,23-24,26-30,33-63H2,1-3H3/b25-22-,32-31-. The number of hydrogen-bond acceptors (Lipinski definition) is 6. The molecule has 0 saturated heterocycles. The van der Waals surface area contributed by atoms with E-state index in [1.807, 2.05) is 0 Å². The van der Waals surface area contributed by atoms with Crippen LogP contribution in [0.15, 0.2) is 24.3 Å². The van der Waals surface area contributed by atoms with Gasteiger partial charge in [-0.15, -0.1) is 0 Å². The molecule has 0 heterocycles. The number of hydrogen-bond donors (Lipinski definition) is 0. The summed E-state index contributed by atoms with van der Waals surface area (Å²) in [6.07, 6.45) is 74.7. The van der Waals surface area contributed by atoms with Gasteiger partial charge in [-0.3, -0.25) is 14.4 Å². The summed E-state index contributed by atoms with van der Waals surface area (Å²) < 4.78 is 17.0. The van der Waals surface area contributed by atoms with Gasteiger partial charge in [-0.2, -0.15) is 0 Å². The van der Waals surface area contributed by atoms with E-state index in [9.17, 15) is 14.4 Å². The molecule has 6 nitrogen and oxygen atoms in total. The highest BCUT2D eigenvalue weighted by Crippen LogP contribution is 2.18. The molecule has 430 valence electrons. The van der Waals surface area contributed by atoms with Crippen molar-refractivity contribution in [3.63, 3.8) is 0 Å². The maximum absolute atomic E-state index is 12.9. The van der Waals surface area contributed by atoms with Crippen molar-refractivity contribution >= 4 is 17.9 Å². The van der Waals surface area contributed by atoms with E-state index in [0.717, 1.165) is 64.2 Å². The minimum Gasteiger partial charge on any atom is -0.462 e. The van der Waals surface area contributed by atoms with Gasteiger partial charge in [0.1, 0.15) is 13.2 Å². The molecule has 0 aliphatic carbocycles. The van der Waals surface area contributed by atoms with Crippen LogP contribution in [0.25, 0.3) is 0 Å². The molecule has 0 N–H and O–H groups in total. The predicted molar refractivity (Wildman–Crippen MR) is 316 cm³/mol. The Morgan fingerprint density at radius 1 is 0.274 bits per heavy atom. The molecule has 0 aliphatic rings. The number of carbonyl (C=O) groups is 3. The second-order valence-electron chi connectivity index (χ2n) is 22.4. The Balaban J connectivity index is 4.28. The Labute approximate surface area is 455 Å². The van der Waals surface area contributed by atoms with Crippen LogP contribution in [0.2, 0.25) is 0 Å². The van der Waals surface area contributed by atoms with Gasteiger partial charge in [0.25, 0.3) is 0 Å². The largest absolute Gasteiger partial charge is 0.462 e. The molecule has 1 atom stereocenters. The summed E-state index contributed by atoms with van der Waals surface area (Å²) >= 11 is 0. The molecule has 0 spiro atoms. The van der Waals surface area contributed by atoms with Crippen LogP contribution < -0.4 is 0 Å². The van der Waals surface area contributed by atoms with Crippen molar-refractivity contribution in [2.75, 3.05) is 13.2 Å². The molecule has 0 aromatic carbocycles. The third kappa shape index (κ3) is 60.6. The van der Waals surface area contributed by atoms with Crippen molar-refractivity contribution in [3.05, 3.63) is 24.3 Å². The maximum atomic E-state index is 12.9. The van der Waals surface area contributed by atoms with Crippen LogP contribution >= 0.6 is 0 Å². The molecule has 0 rings (SSSR count). The Hall–Kier alpha value is -2.11. The smallest absolute Gasteiger partial charge is 0.306 e. The molecular weight excluding hydrogens is 901 g/mol. The summed E-state index contributed by atoms with van der Waals surface area (Å²) in [6, 6.07) is 0. The van der Waals surface area contributed by atoms with Crippen LogP contribution in [0, 0.1) is 0 Å². The molecule has 0 aromatic heterocycles. The molecule has 0 amide bonds. The molecule has 0 bridgehead atoms. The first-order chi connectivity index (χ1) is 36.0. The van der Waals surface area contributed by atoms with Crippen molar-refractivity contribution < 1.29 is 28.6 Å². The molecule has 0 aliphatic heterocycles. The zero-order valence-corrected chi connectivity index (χ0v) is 49.4. The van der Waals surface area contributed by atoms with E-state index in [4.69, 9.17) is 14.2 Å². The maximum Gasteiger partial charge on any atom is 0.306 e. The Bertz CT molecular complexity index is 1180. The predicted octanol–water partition coefficient (Wildman–Crippen LogP) is 22.2. The molecule has 0 radical (unpaired) electrons. The first kappa shape index (κ1) is 70.9. The van der Waals surface area contributed by atoms with Crippen molar-refractivity contribution in [3.8, 4) is 0 Å². The molecule has 0 aromatic rings.